The second-order valence-corrected chi connectivity index (χ2v) is 7.71. The first-order valence-corrected chi connectivity index (χ1v) is 10.5. The highest BCUT2D eigenvalue weighted by Crippen LogP contribution is 2.23. The van der Waals surface area contributed by atoms with Crippen molar-refractivity contribution in [3.63, 3.8) is 0 Å². The molecule has 3 heterocycles. The number of hydrogen-bond acceptors (Lipinski definition) is 6. The second kappa shape index (κ2) is 10.4. The highest BCUT2D eigenvalue weighted by Gasteiger charge is 2.23. The Hall–Kier alpha value is -2.38. The van der Waals surface area contributed by atoms with E-state index in [9.17, 15) is 4.79 Å². The Morgan fingerprint density at radius 1 is 1.21 bits per heavy atom. The summed E-state index contributed by atoms with van der Waals surface area (Å²) in [6.07, 6.45) is 6.37. The second-order valence-electron chi connectivity index (χ2n) is 6.99. The Morgan fingerprint density at radius 3 is 2.86 bits per heavy atom. The summed E-state index contributed by atoms with van der Waals surface area (Å²) >= 11 is 1.50. The summed E-state index contributed by atoms with van der Waals surface area (Å²) in [5.41, 5.74) is 2.54. The Bertz CT molecular complexity index is 914. The zero-order valence-electron chi connectivity index (χ0n) is 16.0. The van der Waals surface area contributed by atoms with E-state index in [-0.39, 0.29) is 25.1 Å². The summed E-state index contributed by atoms with van der Waals surface area (Å²) in [6, 6.07) is 8.07. The van der Waals surface area contributed by atoms with Crippen LogP contribution in [-0.2, 0) is 11.3 Å². The molecule has 154 valence electrons. The monoisotopic (exact) mass is 433 g/mol. The quantitative estimate of drug-likeness (QED) is 0.551. The van der Waals surface area contributed by atoms with Crippen LogP contribution in [0.2, 0.25) is 0 Å². The van der Waals surface area contributed by atoms with Crippen molar-refractivity contribution < 1.29 is 14.3 Å². The van der Waals surface area contributed by atoms with Gasteiger partial charge in [0.15, 0.2) is 0 Å². The van der Waals surface area contributed by atoms with E-state index in [1.807, 2.05) is 29.8 Å². The molecule has 29 heavy (non-hydrogen) atoms. The molecule has 1 amide bonds. The molecule has 1 aliphatic rings. The van der Waals surface area contributed by atoms with E-state index in [2.05, 4.69) is 16.0 Å². The lowest BCUT2D eigenvalue weighted by Gasteiger charge is -2.31. The van der Waals surface area contributed by atoms with Gasteiger partial charge in [-0.25, -0.2) is 9.78 Å². The number of halogens is 1. The van der Waals surface area contributed by atoms with E-state index in [0.717, 1.165) is 54.6 Å². The lowest BCUT2D eigenvalue weighted by Crippen LogP contribution is -2.39. The van der Waals surface area contributed by atoms with Crippen LogP contribution in [0.15, 0.2) is 47.5 Å². The minimum absolute atomic E-state index is 0. The van der Waals surface area contributed by atoms with E-state index in [0.29, 0.717) is 12.5 Å². The Morgan fingerprint density at radius 2 is 2.07 bits per heavy atom. The average Bonchev–Trinajstić information content (AvgIpc) is 3.26. The number of piperidine rings is 1. The standard InChI is InChI=1S/C21H23N3O3S.ClH/c25-21(27-13-19-14-28-15-23-19)24-8-4-16(5-9-24)6-10-26-20-2-1-18-12-22-7-3-17(18)11-20;/h1-3,7,11-12,14-16H,4-6,8-10,13H2;1H. The number of pyridine rings is 1. The van der Waals surface area contributed by atoms with Gasteiger partial charge >= 0.3 is 6.09 Å². The maximum atomic E-state index is 12.2. The molecule has 6 nitrogen and oxygen atoms in total. The molecule has 0 radical (unpaired) electrons. The summed E-state index contributed by atoms with van der Waals surface area (Å²) in [4.78, 5) is 22.2. The van der Waals surface area contributed by atoms with Crippen LogP contribution in [-0.4, -0.2) is 40.7 Å². The SMILES string of the molecule is Cl.O=C(OCc1cscn1)N1CCC(CCOc2ccc3cnccc3c2)CC1. The fraction of sp³-hybridized carbons (Fsp3) is 0.381. The van der Waals surface area contributed by atoms with Crippen molar-refractivity contribution in [1.29, 1.82) is 0 Å². The van der Waals surface area contributed by atoms with Crippen LogP contribution in [0.3, 0.4) is 0 Å². The van der Waals surface area contributed by atoms with Gasteiger partial charge in [-0.3, -0.25) is 4.98 Å². The highest BCUT2D eigenvalue weighted by atomic mass is 35.5. The molecule has 1 aliphatic heterocycles. The number of thiazole rings is 1. The molecule has 4 rings (SSSR count). The summed E-state index contributed by atoms with van der Waals surface area (Å²) in [5, 5.41) is 4.15. The molecule has 0 aliphatic carbocycles. The molecule has 0 N–H and O–H groups in total. The van der Waals surface area contributed by atoms with E-state index in [1.165, 1.54) is 11.3 Å². The summed E-state index contributed by atoms with van der Waals surface area (Å²) < 4.78 is 11.3. The van der Waals surface area contributed by atoms with Gasteiger partial charge in [-0.2, -0.15) is 0 Å². The van der Waals surface area contributed by atoms with Gasteiger partial charge in [0, 0.05) is 36.2 Å². The number of likely N-dealkylation sites (tertiary alicyclic amines) is 1. The Labute approximate surface area is 180 Å². The van der Waals surface area contributed by atoms with Gasteiger partial charge in [-0.1, -0.05) is 0 Å². The van der Waals surface area contributed by atoms with Crippen molar-refractivity contribution >= 4 is 40.6 Å². The maximum absolute atomic E-state index is 12.2. The molecule has 0 unspecified atom stereocenters. The van der Waals surface area contributed by atoms with Crippen molar-refractivity contribution in [3.05, 3.63) is 53.2 Å². The number of nitrogens with zero attached hydrogens (tertiary/aromatic N) is 3. The third kappa shape index (κ3) is 5.81. The molecule has 1 saturated heterocycles. The number of benzene rings is 1. The van der Waals surface area contributed by atoms with Crippen LogP contribution in [0, 0.1) is 5.92 Å². The molecule has 2 aromatic heterocycles. The van der Waals surface area contributed by atoms with E-state index in [1.54, 1.807) is 16.6 Å². The molecule has 0 bridgehead atoms. The van der Waals surface area contributed by atoms with Gasteiger partial charge in [-0.05, 0) is 54.8 Å². The largest absolute Gasteiger partial charge is 0.494 e. The molecular weight excluding hydrogens is 410 g/mol. The molecule has 3 aromatic rings. The predicted octanol–water partition coefficient (Wildman–Crippen LogP) is 4.93. The molecule has 1 aromatic carbocycles. The molecule has 8 heteroatoms. The van der Waals surface area contributed by atoms with Crippen LogP contribution in [0.5, 0.6) is 5.75 Å². The zero-order chi connectivity index (χ0) is 19.2. The van der Waals surface area contributed by atoms with Gasteiger partial charge in [0.2, 0.25) is 0 Å². The first-order chi connectivity index (χ1) is 13.8. The number of rotatable bonds is 6. The first kappa shape index (κ1) is 21.3. The Kier molecular flexibility index (Phi) is 7.66. The van der Waals surface area contributed by atoms with Crippen molar-refractivity contribution in [2.45, 2.75) is 25.9 Å². The topological polar surface area (TPSA) is 64.5 Å². The van der Waals surface area contributed by atoms with Gasteiger partial charge < -0.3 is 14.4 Å². The lowest BCUT2D eigenvalue weighted by atomic mass is 9.94. The summed E-state index contributed by atoms with van der Waals surface area (Å²) in [6.45, 7) is 2.42. The molecule has 1 fully saturated rings. The highest BCUT2D eigenvalue weighted by molar-refractivity contribution is 7.07. The first-order valence-electron chi connectivity index (χ1n) is 9.53. The smallest absolute Gasteiger partial charge is 0.410 e. The van der Waals surface area contributed by atoms with E-state index in [4.69, 9.17) is 9.47 Å². The number of carbonyl (C=O) groups excluding carboxylic acids is 1. The van der Waals surface area contributed by atoms with Gasteiger partial charge in [0.25, 0.3) is 0 Å². The van der Waals surface area contributed by atoms with Crippen LogP contribution in [0.1, 0.15) is 25.0 Å². The van der Waals surface area contributed by atoms with Crippen LogP contribution >= 0.6 is 23.7 Å². The normalized spacial score (nSPS) is 14.4. The van der Waals surface area contributed by atoms with Crippen molar-refractivity contribution in [1.82, 2.24) is 14.9 Å². The van der Waals surface area contributed by atoms with E-state index >= 15 is 0 Å². The minimum Gasteiger partial charge on any atom is -0.494 e. The van der Waals surface area contributed by atoms with Crippen molar-refractivity contribution in [2.75, 3.05) is 19.7 Å². The lowest BCUT2D eigenvalue weighted by molar-refractivity contribution is 0.0792. The third-order valence-electron chi connectivity index (χ3n) is 5.11. The number of ether oxygens (including phenoxy) is 2. The van der Waals surface area contributed by atoms with Crippen molar-refractivity contribution in [3.8, 4) is 5.75 Å². The number of amides is 1. The third-order valence-corrected chi connectivity index (χ3v) is 5.74. The van der Waals surface area contributed by atoms with Gasteiger partial charge in [0.05, 0.1) is 17.8 Å². The molecular formula is C21H24ClN3O3S. The zero-order valence-corrected chi connectivity index (χ0v) is 17.7. The van der Waals surface area contributed by atoms with Crippen LogP contribution in [0.25, 0.3) is 10.8 Å². The summed E-state index contributed by atoms with van der Waals surface area (Å²) in [5.74, 6) is 1.47. The number of hydrogen-bond donors (Lipinski definition) is 0. The number of aromatic nitrogens is 2. The number of carbonyl (C=O) groups is 1. The van der Waals surface area contributed by atoms with Crippen LogP contribution in [0.4, 0.5) is 4.79 Å². The fourth-order valence-electron chi connectivity index (χ4n) is 3.43. The predicted molar refractivity (Wildman–Crippen MR) is 116 cm³/mol. The van der Waals surface area contributed by atoms with Crippen LogP contribution < -0.4 is 4.74 Å². The Balaban J connectivity index is 0.00000240. The fourth-order valence-corrected chi connectivity index (χ4v) is 3.98. The minimum atomic E-state index is -0.242. The van der Waals surface area contributed by atoms with E-state index < -0.39 is 0 Å². The number of fused-ring (bicyclic) bond motifs is 1. The summed E-state index contributed by atoms with van der Waals surface area (Å²) in [7, 11) is 0. The van der Waals surface area contributed by atoms with Crippen molar-refractivity contribution in [2.24, 2.45) is 5.92 Å². The maximum Gasteiger partial charge on any atom is 0.410 e. The molecule has 0 saturated carbocycles. The molecule has 0 atom stereocenters. The van der Waals surface area contributed by atoms with Gasteiger partial charge in [-0.15, -0.1) is 23.7 Å². The average molecular weight is 434 g/mol. The molecule has 0 spiro atoms. The van der Waals surface area contributed by atoms with Gasteiger partial charge in [0.1, 0.15) is 12.4 Å².